The van der Waals surface area contributed by atoms with E-state index in [4.69, 9.17) is 4.74 Å². The maximum Gasteiger partial charge on any atom is 0.342 e. The highest BCUT2D eigenvalue weighted by Crippen LogP contribution is 2.16. The topological polar surface area (TPSA) is 83.8 Å². The SMILES string of the molecule is CCCCCCCCCCCCCCC=CCCCCCCC(O)C(=O)OC(=O)C(O)CCCCCCC=CCCCCCCCCCCCCCC. The Hall–Kier alpha value is -1.46. The molecule has 0 heterocycles. The average molecular weight is 747 g/mol. The van der Waals surface area contributed by atoms with Crippen LogP contribution >= 0.6 is 0 Å². The summed E-state index contributed by atoms with van der Waals surface area (Å²) in [4.78, 5) is 24.3. The summed E-state index contributed by atoms with van der Waals surface area (Å²) in [7, 11) is 0. The summed E-state index contributed by atoms with van der Waals surface area (Å²) in [5.74, 6) is -1.88. The Kier molecular flexibility index (Phi) is 42.1. The highest BCUT2D eigenvalue weighted by atomic mass is 16.6. The van der Waals surface area contributed by atoms with Crippen LogP contribution in [-0.2, 0) is 14.3 Å². The van der Waals surface area contributed by atoms with E-state index in [0.29, 0.717) is 12.8 Å². The number of hydrogen-bond acceptors (Lipinski definition) is 5. The molecule has 0 amide bonds. The van der Waals surface area contributed by atoms with Gasteiger partial charge >= 0.3 is 11.9 Å². The van der Waals surface area contributed by atoms with E-state index < -0.39 is 24.1 Å². The van der Waals surface area contributed by atoms with Gasteiger partial charge in [0, 0.05) is 0 Å². The second kappa shape index (κ2) is 43.3. The van der Waals surface area contributed by atoms with Gasteiger partial charge in [-0.2, -0.15) is 0 Å². The molecule has 312 valence electrons. The Labute approximate surface area is 330 Å². The first kappa shape index (κ1) is 51.5. The molecule has 0 aliphatic carbocycles. The van der Waals surface area contributed by atoms with Crippen molar-refractivity contribution < 1.29 is 24.5 Å². The number of rotatable bonds is 42. The molecule has 0 rings (SSSR count). The molecule has 53 heavy (non-hydrogen) atoms. The van der Waals surface area contributed by atoms with Gasteiger partial charge in [0.05, 0.1) is 0 Å². The maximum absolute atomic E-state index is 12.1. The van der Waals surface area contributed by atoms with E-state index >= 15 is 0 Å². The van der Waals surface area contributed by atoms with Crippen LogP contribution in [0.4, 0.5) is 0 Å². The smallest absolute Gasteiger partial charge is 0.342 e. The van der Waals surface area contributed by atoms with Gasteiger partial charge in [0.2, 0.25) is 0 Å². The van der Waals surface area contributed by atoms with Gasteiger partial charge in [-0.05, 0) is 64.2 Å². The fraction of sp³-hybridized carbons (Fsp3) is 0.875. The van der Waals surface area contributed by atoms with Crippen LogP contribution in [0.3, 0.4) is 0 Å². The lowest BCUT2D eigenvalue weighted by atomic mass is 10.0. The predicted octanol–water partition coefficient (Wildman–Crippen LogP) is 14.8. The van der Waals surface area contributed by atoms with E-state index in [9.17, 15) is 19.8 Å². The minimum absolute atomic E-state index is 0.283. The Morgan fingerprint density at radius 3 is 0.811 bits per heavy atom. The first-order valence-corrected chi connectivity index (χ1v) is 23.4. The predicted molar refractivity (Wildman–Crippen MR) is 228 cm³/mol. The normalized spacial score (nSPS) is 13.0. The van der Waals surface area contributed by atoms with Crippen LogP contribution in [0.2, 0.25) is 0 Å². The van der Waals surface area contributed by atoms with Gasteiger partial charge in [0.1, 0.15) is 0 Å². The van der Waals surface area contributed by atoms with E-state index in [0.717, 1.165) is 51.4 Å². The molecule has 2 N–H and O–H groups in total. The van der Waals surface area contributed by atoms with E-state index in [2.05, 4.69) is 38.2 Å². The molecule has 0 aromatic heterocycles. The number of aliphatic hydroxyl groups excluding tert-OH is 2. The zero-order valence-electron chi connectivity index (χ0n) is 35.5. The molecule has 2 atom stereocenters. The van der Waals surface area contributed by atoms with Crippen LogP contribution in [-0.4, -0.2) is 34.4 Å². The molecular formula is C48H90O5. The fourth-order valence-corrected chi connectivity index (χ4v) is 7.06. The lowest BCUT2D eigenvalue weighted by Gasteiger charge is -2.12. The van der Waals surface area contributed by atoms with Gasteiger partial charge in [-0.25, -0.2) is 9.59 Å². The van der Waals surface area contributed by atoms with E-state index in [1.54, 1.807) is 0 Å². The number of unbranched alkanes of at least 4 members (excludes halogenated alkanes) is 32. The van der Waals surface area contributed by atoms with Crippen LogP contribution < -0.4 is 0 Å². The summed E-state index contributed by atoms with van der Waals surface area (Å²) in [5, 5.41) is 20.3. The first-order chi connectivity index (χ1) is 26.0. The molecule has 0 spiro atoms. The number of hydrogen-bond donors (Lipinski definition) is 2. The lowest BCUT2D eigenvalue weighted by Crippen LogP contribution is -2.31. The summed E-state index contributed by atoms with van der Waals surface area (Å²) in [6.45, 7) is 4.55. The molecule has 0 saturated heterocycles. The van der Waals surface area contributed by atoms with Crippen molar-refractivity contribution in [3.63, 3.8) is 0 Å². The van der Waals surface area contributed by atoms with Crippen LogP contribution in [0.25, 0.3) is 0 Å². The number of ether oxygens (including phenoxy) is 1. The van der Waals surface area contributed by atoms with E-state index in [-0.39, 0.29) is 12.8 Å². The molecule has 0 fully saturated rings. The summed E-state index contributed by atoms with van der Waals surface area (Å²) >= 11 is 0. The van der Waals surface area contributed by atoms with Crippen LogP contribution in [0.1, 0.15) is 258 Å². The van der Waals surface area contributed by atoms with Crippen molar-refractivity contribution in [2.75, 3.05) is 0 Å². The molecule has 0 radical (unpaired) electrons. The summed E-state index contributed by atoms with van der Waals surface area (Å²) in [6, 6.07) is 0. The summed E-state index contributed by atoms with van der Waals surface area (Å²) in [6.07, 6.45) is 52.6. The third kappa shape index (κ3) is 40.0. The Morgan fingerprint density at radius 1 is 0.358 bits per heavy atom. The van der Waals surface area contributed by atoms with Crippen molar-refractivity contribution in [3.05, 3.63) is 24.3 Å². The van der Waals surface area contributed by atoms with Gasteiger partial charge in [-0.3, -0.25) is 0 Å². The van der Waals surface area contributed by atoms with Crippen molar-refractivity contribution in [1.82, 2.24) is 0 Å². The highest BCUT2D eigenvalue weighted by molar-refractivity contribution is 5.89. The number of aliphatic hydroxyl groups is 2. The molecule has 0 saturated carbocycles. The monoisotopic (exact) mass is 747 g/mol. The second-order valence-corrected chi connectivity index (χ2v) is 16.1. The fourth-order valence-electron chi connectivity index (χ4n) is 7.06. The largest absolute Gasteiger partial charge is 0.389 e. The third-order valence-electron chi connectivity index (χ3n) is 10.7. The first-order valence-electron chi connectivity index (χ1n) is 23.4. The number of allylic oxidation sites excluding steroid dienone is 4. The van der Waals surface area contributed by atoms with Crippen molar-refractivity contribution in [2.45, 2.75) is 270 Å². The molecule has 0 aliphatic rings. The van der Waals surface area contributed by atoms with Crippen LogP contribution in [0.15, 0.2) is 24.3 Å². The zero-order valence-corrected chi connectivity index (χ0v) is 35.5. The number of esters is 2. The quantitative estimate of drug-likeness (QED) is 0.0281. The van der Waals surface area contributed by atoms with Crippen LogP contribution in [0.5, 0.6) is 0 Å². The number of carbonyl (C=O) groups excluding carboxylic acids is 2. The summed E-state index contributed by atoms with van der Waals surface area (Å²) < 4.78 is 4.77. The van der Waals surface area contributed by atoms with E-state index in [1.807, 2.05) is 0 Å². The Balaban J connectivity index is 3.54. The zero-order chi connectivity index (χ0) is 38.7. The molecule has 5 nitrogen and oxygen atoms in total. The van der Waals surface area contributed by atoms with E-state index in [1.165, 1.54) is 167 Å². The maximum atomic E-state index is 12.1. The average Bonchev–Trinajstić information content (AvgIpc) is 3.16. The third-order valence-corrected chi connectivity index (χ3v) is 10.7. The minimum Gasteiger partial charge on any atom is -0.389 e. The van der Waals surface area contributed by atoms with Gasteiger partial charge in [0.25, 0.3) is 0 Å². The molecule has 0 aromatic carbocycles. The molecule has 5 heteroatoms. The molecule has 0 aliphatic heterocycles. The van der Waals surface area contributed by atoms with Gasteiger partial charge in [-0.15, -0.1) is 0 Å². The molecule has 2 unspecified atom stereocenters. The lowest BCUT2D eigenvalue weighted by molar-refractivity contribution is -0.171. The second-order valence-electron chi connectivity index (χ2n) is 16.1. The molecule has 0 aromatic rings. The molecular weight excluding hydrogens is 657 g/mol. The standard InChI is InChI=1S/C48H90O5/c1-3-5-7-9-11-13-15-17-19-21-23-25-27-29-31-33-35-37-39-41-43-45(49)47(51)53-48(52)46(50)44-42-40-38-36-34-32-30-28-26-24-22-20-18-16-14-12-10-8-6-4-2/h29-32,45-46,49-50H,3-28,33-44H2,1-2H3. The van der Waals surface area contributed by atoms with Crippen molar-refractivity contribution in [1.29, 1.82) is 0 Å². The Bertz CT molecular complexity index is 755. The van der Waals surface area contributed by atoms with Crippen molar-refractivity contribution in [3.8, 4) is 0 Å². The molecule has 0 bridgehead atoms. The summed E-state index contributed by atoms with van der Waals surface area (Å²) in [5.41, 5.74) is 0. The van der Waals surface area contributed by atoms with Crippen LogP contribution in [0, 0.1) is 0 Å². The van der Waals surface area contributed by atoms with Crippen molar-refractivity contribution >= 4 is 11.9 Å². The minimum atomic E-state index is -1.31. The van der Waals surface area contributed by atoms with Crippen molar-refractivity contribution in [2.24, 2.45) is 0 Å². The Morgan fingerprint density at radius 2 is 0.566 bits per heavy atom. The number of carbonyl (C=O) groups is 2. The van der Waals surface area contributed by atoms with Gasteiger partial charge in [0.15, 0.2) is 12.2 Å². The highest BCUT2D eigenvalue weighted by Gasteiger charge is 2.24. The van der Waals surface area contributed by atoms with Gasteiger partial charge in [-0.1, -0.05) is 218 Å². The van der Waals surface area contributed by atoms with Gasteiger partial charge < -0.3 is 14.9 Å².